The van der Waals surface area contributed by atoms with E-state index in [1.54, 1.807) is 13.2 Å². The van der Waals surface area contributed by atoms with Crippen LogP contribution in [0, 0.1) is 13.8 Å². The van der Waals surface area contributed by atoms with Gasteiger partial charge in [-0.25, -0.2) is 0 Å². The van der Waals surface area contributed by atoms with Gasteiger partial charge in [-0.05, 0) is 25.5 Å². The van der Waals surface area contributed by atoms with Gasteiger partial charge in [-0.1, -0.05) is 36.4 Å². The van der Waals surface area contributed by atoms with Crippen molar-refractivity contribution in [2.24, 2.45) is 0 Å². The van der Waals surface area contributed by atoms with E-state index >= 15 is 0 Å². The molecule has 0 bridgehead atoms. The number of allylic oxidation sites excluding steroid dienone is 1. The van der Waals surface area contributed by atoms with E-state index in [4.69, 9.17) is 14.2 Å². The summed E-state index contributed by atoms with van der Waals surface area (Å²) < 4.78 is 16.4. The van der Waals surface area contributed by atoms with E-state index in [0.717, 1.165) is 16.7 Å². The molecule has 0 aliphatic heterocycles. The molecule has 0 fully saturated rings. The summed E-state index contributed by atoms with van der Waals surface area (Å²) in [7, 11) is 4.66. The molecule has 0 unspecified atom stereocenters. The van der Waals surface area contributed by atoms with Crippen molar-refractivity contribution in [2.75, 3.05) is 21.3 Å². The molecule has 126 valence electrons. The molecule has 0 aliphatic rings. The quantitative estimate of drug-likeness (QED) is 0.589. The maximum absolute atomic E-state index is 12.8. The molecule has 0 spiro atoms. The average molecular weight is 326 g/mol. The number of ketones is 1. The number of methoxy groups -OCH3 is 3. The Morgan fingerprint density at radius 1 is 0.833 bits per heavy atom. The number of carbonyl (C=O) groups is 1. The van der Waals surface area contributed by atoms with E-state index in [1.807, 2.05) is 44.2 Å². The molecule has 0 radical (unpaired) electrons. The van der Waals surface area contributed by atoms with Crippen LogP contribution in [0.25, 0.3) is 6.08 Å². The molecule has 0 heterocycles. The van der Waals surface area contributed by atoms with Crippen molar-refractivity contribution in [3.8, 4) is 17.2 Å². The summed E-state index contributed by atoms with van der Waals surface area (Å²) >= 11 is 0. The van der Waals surface area contributed by atoms with Crippen molar-refractivity contribution in [3.63, 3.8) is 0 Å². The van der Waals surface area contributed by atoms with Crippen LogP contribution in [0.15, 0.2) is 36.4 Å². The smallest absolute Gasteiger partial charge is 0.193 e. The first-order valence-electron chi connectivity index (χ1n) is 7.61. The Labute approximate surface area is 142 Å². The maximum atomic E-state index is 12.8. The summed E-state index contributed by atoms with van der Waals surface area (Å²) in [6.07, 6.45) is 3.30. The van der Waals surface area contributed by atoms with Crippen molar-refractivity contribution in [1.29, 1.82) is 0 Å². The Hall–Kier alpha value is -2.75. The summed E-state index contributed by atoms with van der Waals surface area (Å²) in [4.78, 5) is 12.8. The van der Waals surface area contributed by atoms with Gasteiger partial charge >= 0.3 is 0 Å². The predicted molar refractivity (Wildman–Crippen MR) is 95.4 cm³/mol. The normalized spacial score (nSPS) is 10.7. The van der Waals surface area contributed by atoms with E-state index < -0.39 is 0 Å². The second-order valence-corrected chi connectivity index (χ2v) is 5.33. The topological polar surface area (TPSA) is 44.8 Å². The van der Waals surface area contributed by atoms with Crippen LogP contribution in [0.2, 0.25) is 0 Å². The number of hydrogen-bond acceptors (Lipinski definition) is 4. The lowest BCUT2D eigenvalue weighted by Crippen LogP contribution is -2.08. The van der Waals surface area contributed by atoms with E-state index in [-0.39, 0.29) is 5.78 Å². The van der Waals surface area contributed by atoms with Crippen LogP contribution in [-0.4, -0.2) is 27.1 Å². The van der Waals surface area contributed by atoms with E-state index in [0.29, 0.717) is 22.8 Å². The fraction of sp³-hybridized carbons (Fsp3) is 0.250. The summed E-state index contributed by atoms with van der Waals surface area (Å²) in [5.74, 6) is 1.42. The van der Waals surface area contributed by atoms with Crippen LogP contribution in [0.1, 0.15) is 27.0 Å². The van der Waals surface area contributed by atoms with E-state index in [9.17, 15) is 4.79 Å². The van der Waals surface area contributed by atoms with Crippen molar-refractivity contribution in [1.82, 2.24) is 0 Å². The number of rotatable bonds is 6. The van der Waals surface area contributed by atoms with Gasteiger partial charge in [0.2, 0.25) is 0 Å². The lowest BCUT2D eigenvalue weighted by Gasteiger charge is -2.19. The third-order valence-corrected chi connectivity index (χ3v) is 3.90. The Kier molecular flexibility index (Phi) is 5.64. The molecule has 0 aromatic heterocycles. The molecule has 0 N–H and O–H groups in total. The molecule has 2 rings (SSSR count). The summed E-state index contributed by atoms with van der Waals surface area (Å²) in [6, 6.07) is 9.65. The highest BCUT2D eigenvalue weighted by molar-refractivity contribution is 6.11. The molecular formula is C20H22O4. The molecule has 0 amide bonds. The minimum Gasteiger partial charge on any atom is -0.496 e. The molecule has 24 heavy (non-hydrogen) atoms. The van der Waals surface area contributed by atoms with Gasteiger partial charge in [0.25, 0.3) is 0 Å². The SMILES string of the molecule is COc1c(C)c(OC)c(C(=O)/C=C/c2ccccc2)c(OC)c1C. The number of ether oxygens (including phenoxy) is 3. The van der Waals surface area contributed by atoms with Crippen molar-refractivity contribution < 1.29 is 19.0 Å². The van der Waals surface area contributed by atoms with Gasteiger partial charge in [-0.3, -0.25) is 4.79 Å². The molecule has 0 atom stereocenters. The van der Waals surface area contributed by atoms with Crippen molar-refractivity contribution in [3.05, 3.63) is 58.7 Å². The largest absolute Gasteiger partial charge is 0.496 e. The lowest BCUT2D eigenvalue weighted by atomic mass is 9.98. The zero-order valence-corrected chi connectivity index (χ0v) is 14.7. The summed E-state index contributed by atoms with van der Waals surface area (Å²) in [5, 5.41) is 0. The third-order valence-electron chi connectivity index (χ3n) is 3.90. The first-order valence-corrected chi connectivity index (χ1v) is 7.61. The zero-order valence-electron chi connectivity index (χ0n) is 14.7. The Bertz CT molecular complexity index is 730. The van der Waals surface area contributed by atoms with Crippen LogP contribution >= 0.6 is 0 Å². The van der Waals surface area contributed by atoms with E-state index in [2.05, 4.69) is 0 Å². The first kappa shape index (κ1) is 17.6. The fourth-order valence-corrected chi connectivity index (χ4v) is 2.83. The minimum absolute atomic E-state index is 0.179. The monoisotopic (exact) mass is 326 g/mol. The van der Waals surface area contributed by atoms with Gasteiger partial charge in [0, 0.05) is 11.1 Å². The number of benzene rings is 2. The Balaban J connectivity index is 2.56. The van der Waals surface area contributed by atoms with Crippen molar-refractivity contribution in [2.45, 2.75) is 13.8 Å². The van der Waals surface area contributed by atoms with Gasteiger partial charge in [-0.15, -0.1) is 0 Å². The predicted octanol–water partition coefficient (Wildman–Crippen LogP) is 4.23. The van der Waals surface area contributed by atoms with Crippen LogP contribution in [0.3, 0.4) is 0 Å². The van der Waals surface area contributed by atoms with Gasteiger partial charge in [0.05, 0.1) is 21.3 Å². The summed E-state index contributed by atoms with van der Waals surface area (Å²) in [6.45, 7) is 3.73. The second-order valence-electron chi connectivity index (χ2n) is 5.33. The van der Waals surface area contributed by atoms with Gasteiger partial charge in [0.1, 0.15) is 22.8 Å². The number of hydrogen-bond donors (Lipinski definition) is 0. The standard InChI is InChI=1S/C20H22O4/c1-13-18(22-3)14(2)20(24-5)17(19(13)23-4)16(21)12-11-15-9-7-6-8-10-15/h6-12H,1-5H3/b12-11+. The molecule has 4 nitrogen and oxygen atoms in total. The maximum Gasteiger partial charge on any atom is 0.193 e. The van der Waals surface area contributed by atoms with E-state index in [1.165, 1.54) is 20.3 Å². The highest BCUT2D eigenvalue weighted by Gasteiger charge is 2.25. The van der Waals surface area contributed by atoms with Crippen LogP contribution in [-0.2, 0) is 0 Å². The van der Waals surface area contributed by atoms with Crippen LogP contribution in [0.4, 0.5) is 0 Å². The molecule has 2 aromatic carbocycles. The zero-order chi connectivity index (χ0) is 17.7. The molecule has 2 aromatic rings. The number of carbonyl (C=O) groups excluding carboxylic acids is 1. The van der Waals surface area contributed by atoms with Gasteiger partial charge in [0.15, 0.2) is 5.78 Å². The second kappa shape index (κ2) is 7.68. The van der Waals surface area contributed by atoms with Gasteiger partial charge in [-0.2, -0.15) is 0 Å². The van der Waals surface area contributed by atoms with Crippen molar-refractivity contribution >= 4 is 11.9 Å². The minimum atomic E-state index is -0.179. The molecular weight excluding hydrogens is 304 g/mol. The lowest BCUT2D eigenvalue weighted by molar-refractivity contribution is 0.104. The first-order chi connectivity index (χ1) is 11.5. The van der Waals surface area contributed by atoms with Crippen LogP contribution < -0.4 is 14.2 Å². The highest BCUT2D eigenvalue weighted by atomic mass is 16.5. The molecule has 0 saturated heterocycles. The molecule has 0 aliphatic carbocycles. The average Bonchev–Trinajstić information content (AvgIpc) is 2.60. The summed E-state index contributed by atoms with van der Waals surface area (Å²) in [5.41, 5.74) is 2.90. The Morgan fingerprint density at radius 3 is 1.79 bits per heavy atom. The van der Waals surface area contributed by atoms with Crippen LogP contribution in [0.5, 0.6) is 17.2 Å². The van der Waals surface area contributed by atoms with Gasteiger partial charge < -0.3 is 14.2 Å². The molecule has 0 saturated carbocycles. The highest BCUT2D eigenvalue weighted by Crippen LogP contribution is 2.43. The fourth-order valence-electron chi connectivity index (χ4n) is 2.83. The third kappa shape index (κ3) is 3.27. The Morgan fingerprint density at radius 2 is 1.33 bits per heavy atom. The molecule has 4 heteroatoms.